The Morgan fingerprint density at radius 2 is 2.21 bits per heavy atom. The quantitative estimate of drug-likeness (QED) is 0.925. The van der Waals surface area contributed by atoms with E-state index in [0.29, 0.717) is 6.79 Å². The summed E-state index contributed by atoms with van der Waals surface area (Å²) < 4.78 is 11.8. The summed E-state index contributed by atoms with van der Waals surface area (Å²) in [6, 6.07) is 4.19. The highest BCUT2D eigenvalue weighted by atomic mass is 79.9. The second-order valence-corrected chi connectivity index (χ2v) is 6.05. The third-order valence-corrected chi connectivity index (χ3v) is 4.66. The van der Waals surface area contributed by atoms with Gasteiger partial charge in [-0.05, 0) is 24.6 Å². The number of rotatable bonds is 4. The van der Waals surface area contributed by atoms with Gasteiger partial charge in [-0.3, -0.25) is 0 Å². The van der Waals surface area contributed by atoms with Gasteiger partial charge < -0.3 is 14.8 Å². The molecule has 6 heteroatoms. The maximum atomic E-state index is 5.39. The van der Waals surface area contributed by atoms with Crippen LogP contribution in [0.4, 0.5) is 0 Å². The van der Waals surface area contributed by atoms with Crippen LogP contribution in [0.2, 0.25) is 0 Å². The van der Waals surface area contributed by atoms with E-state index in [1.54, 1.807) is 11.3 Å². The molecule has 2 heterocycles. The molecule has 4 nitrogen and oxygen atoms in total. The zero-order chi connectivity index (χ0) is 13.2. The molecule has 1 aromatic carbocycles. The largest absolute Gasteiger partial charge is 0.454 e. The van der Waals surface area contributed by atoms with Crippen molar-refractivity contribution in [3.63, 3.8) is 0 Å². The molecule has 1 atom stereocenters. The van der Waals surface area contributed by atoms with E-state index in [-0.39, 0.29) is 6.04 Å². The molecule has 19 heavy (non-hydrogen) atoms. The Hall–Kier alpha value is -1.11. The number of nitrogens with zero attached hydrogens (tertiary/aromatic N) is 1. The summed E-state index contributed by atoms with van der Waals surface area (Å²) in [5, 5.41) is 6.54. The molecule has 0 saturated carbocycles. The summed E-state index contributed by atoms with van der Waals surface area (Å²) in [6.07, 6.45) is 1.83. The molecule has 1 aromatic heterocycles. The third-order valence-electron chi connectivity index (χ3n) is 2.96. The van der Waals surface area contributed by atoms with Crippen molar-refractivity contribution in [1.29, 1.82) is 0 Å². The first-order chi connectivity index (χ1) is 9.24. The summed E-state index contributed by atoms with van der Waals surface area (Å²) in [4.78, 5) is 4.31. The van der Waals surface area contributed by atoms with Crippen LogP contribution in [0.3, 0.4) is 0 Å². The SMILES string of the molecule is CC(NCc1cc2c(cc1Br)OCO2)c1nccs1. The van der Waals surface area contributed by atoms with Crippen molar-refractivity contribution in [2.24, 2.45) is 0 Å². The number of thiazole rings is 1. The van der Waals surface area contributed by atoms with Crippen LogP contribution in [-0.2, 0) is 6.54 Å². The Morgan fingerprint density at radius 3 is 2.95 bits per heavy atom. The van der Waals surface area contributed by atoms with Gasteiger partial charge >= 0.3 is 0 Å². The number of hydrogen-bond donors (Lipinski definition) is 1. The van der Waals surface area contributed by atoms with Gasteiger partial charge in [-0.2, -0.15) is 0 Å². The second-order valence-electron chi connectivity index (χ2n) is 4.27. The molecule has 100 valence electrons. The van der Waals surface area contributed by atoms with E-state index in [0.717, 1.165) is 33.1 Å². The second kappa shape index (κ2) is 5.48. The molecule has 0 radical (unpaired) electrons. The highest BCUT2D eigenvalue weighted by molar-refractivity contribution is 9.10. The molecule has 2 aromatic rings. The molecule has 0 aliphatic carbocycles. The lowest BCUT2D eigenvalue weighted by Crippen LogP contribution is -2.18. The van der Waals surface area contributed by atoms with E-state index < -0.39 is 0 Å². The Balaban J connectivity index is 1.70. The predicted octanol–water partition coefficient (Wildman–Crippen LogP) is 3.49. The lowest BCUT2D eigenvalue weighted by atomic mass is 10.2. The van der Waals surface area contributed by atoms with E-state index >= 15 is 0 Å². The van der Waals surface area contributed by atoms with Crippen molar-refractivity contribution in [1.82, 2.24) is 10.3 Å². The third kappa shape index (κ3) is 2.75. The predicted molar refractivity (Wildman–Crippen MR) is 77.6 cm³/mol. The zero-order valence-corrected chi connectivity index (χ0v) is 12.8. The average molecular weight is 341 g/mol. The van der Waals surface area contributed by atoms with Crippen LogP contribution in [0.5, 0.6) is 11.5 Å². The minimum atomic E-state index is 0.234. The highest BCUT2D eigenvalue weighted by Crippen LogP contribution is 2.37. The maximum absolute atomic E-state index is 5.39. The van der Waals surface area contributed by atoms with Crippen molar-refractivity contribution < 1.29 is 9.47 Å². The van der Waals surface area contributed by atoms with Crippen LogP contribution in [0.25, 0.3) is 0 Å². The fourth-order valence-electron chi connectivity index (χ4n) is 1.89. The topological polar surface area (TPSA) is 43.4 Å². The van der Waals surface area contributed by atoms with E-state index in [2.05, 4.69) is 33.2 Å². The molecule has 0 amide bonds. The van der Waals surface area contributed by atoms with E-state index in [1.807, 2.05) is 23.7 Å². The summed E-state index contributed by atoms with van der Waals surface area (Å²) in [7, 11) is 0. The Kier molecular flexibility index (Phi) is 3.72. The van der Waals surface area contributed by atoms with Crippen LogP contribution in [0, 0.1) is 0 Å². The van der Waals surface area contributed by atoms with Gasteiger partial charge in [-0.15, -0.1) is 11.3 Å². The first-order valence-electron chi connectivity index (χ1n) is 5.95. The van der Waals surface area contributed by atoms with Gasteiger partial charge in [0.05, 0.1) is 6.04 Å². The lowest BCUT2D eigenvalue weighted by molar-refractivity contribution is 0.174. The minimum absolute atomic E-state index is 0.234. The number of benzene rings is 1. The van der Waals surface area contributed by atoms with E-state index in [9.17, 15) is 0 Å². The van der Waals surface area contributed by atoms with E-state index in [1.165, 1.54) is 0 Å². The summed E-state index contributed by atoms with van der Waals surface area (Å²) in [5.41, 5.74) is 1.15. The highest BCUT2D eigenvalue weighted by Gasteiger charge is 2.16. The number of fused-ring (bicyclic) bond motifs is 1. The molecule has 3 rings (SSSR count). The van der Waals surface area contributed by atoms with Crippen LogP contribution in [0.15, 0.2) is 28.2 Å². The smallest absolute Gasteiger partial charge is 0.231 e. The first kappa shape index (κ1) is 12.9. The first-order valence-corrected chi connectivity index (χ1v) is 7.62. The van der Waals surface area contributed by atoms with Gasteiger partial charge in [0.1, 0.15) is 5.01 Å². The molecule has 1 aliphatic heterocycles. The van der Waals surface area contributed by atoms with Gasteiger partial charge in [-0.1, -0.05) is 15.9 Å². The summed E-state index contributed by atoms with van der Waals surface area (Å²) >= 11 is 5.22. The summed E-state index contributed by atoms with van der Waals surface area (Å²) in [6.45, 7) is 3.16. The van der Waals surface area contributed by atoms with Crippen LogP contribution < -0.4 is 14.8 Å². The Morgan fingerprint density at radius 1 is 1.42 bits per heavy atom. The van der Waals surface area contributed by atoms with Crippen molar-refractivity contribution >= 4 is 27.3 Å². The minimum Gasteiger partial charge on any atom is -0.454 e. The van der Waals surface area contributed by atoms with Crippen LogP contribution in [0.1, 0.15) is 23.5 Å². The van der Waals surface area contributed by atoms with Crippen LogP contribution >= 0.6 is 27.3 Å². The Bertz CT molecular complexity index is 574. The normalized spacial score (nSPS) is 14.6. The number of halogens is 1. The number of aromatic nitrogens is 1. The molecule has 0 fully saturated rings. The van der Waals surface area contributed by atoms with Gasteiger partial charge in [0.2, 0.25) is 6.79 Å². The molecule has 0 saturated heterocycles. The molecule has 0 bridgehead atoms. The standard InChI is InChI=1S/C13H13BrN2O2S/c1-8(13-15-2-3-19-13)16-6-9-4-11-12(5-10(9)14)18-7-17-11/h2-5,8,16H,6-7H2,1H3. The van der Waals surface area contributed by atoms with Crippen molar-refractivity contribution in [3.8, 4) is 11.5 Å². The number of ether oxygens (including phenoxy) is 2. The molecule has 1 unspecified atom stereocenters. The molecule has 0 spiro atoms. The molecular weight excluding hydrogens is 328 g/mol. The lowest BCUT2D eigenvalue weighted by Gasteiger charge is -2.12. The molecule has 1 aliphatic rings. The zero-order valence-electron chi connectivity index (χ0n) is 10.4. The monoisotopic (exact) mass is 340 g/mol. The Labute approximate surface area is 123 Å². The van der Waals surface area contributed by atoms with Gasteiger partial charge in [-0.25, -0.2) is 4.98 Å². The van der Waals surface area contributed by atoms with Crippen LogP contribution in [-0.4, -0.2) is 11.8 Å². The van der Waals surface area contributed by atoms with E-state index in [4.69, 9.17) is 9.47 Å². The fourth-order valence-corrected chi connectivity index (χ4v) is 3.03. The maximum Gasteiger partial charge on any atom is 0.231 e. The molecule has 1 N–H and O–H groups in total. The van der Waals surface area contributed by atoms with Crippen molar-refractivity contribution in [3.05, 3.63) is 38.8 Å². The van der Waals surface area contributed by atoms with Gasteiger partial charge in [0.15, 0.2) is 11.5 Å². The summed E-state index contributed by atoms with van der Waals surface area (Å²) in [5.74, 6) is 1.60. The number of hydrogen-bond acceptors (Lipinski definition) is 5. The molecular formula is C13H13BrN2O2S. The average Bonchev–Trinajstić information content (AvgIpc) is 3.06. The van der Waals surface area contributed by atoms with Crippen molar-refractivity contribution in [2.75, 3.05) is 6.79 Å². The van der Waals surface area contributed by atoms with Gasteiger partial charge in [0.25, 0.3) is 0 Å². The van der Waals surface area contributed by atoms with Crippen molar-refractivity contribution in [2.45, 2.75) is 19.5 Å². The van der Waals surface area contributed by atoms with Gasteiger partial charge in [0, 0.05) is 22.6 Å². The fraction of sp³-hybridized carbons (Fsp3) is 0.308. The number of nitrogens with one attached hydrogen (secondary N) is 1.